The quantitative estimate of drug-likeness (QED) is 0.705. The third-order valence-corrected chi connectivity index (χ3v) is 4.81. The molecule has 0 spiro atoms. The number of nitrogens with one attached hydrogen (secondary N) is 1. The molecule has 0 aliphatic heterocycles. The van der Waals surface area contributed by atoms with Gasteiger partial charge in [-0.3, -0.25) is 4.79 Å². The summed E-state index contributed by atoms with van der Waals surface area (Å²) in [5.74, 6) is 0.951. The van der Waals surface area contributed by atoms with Crippen LogP contribution in [0.4, 0.5) is 0 Å². The van der Waals surface area contributed by atoms with Gasteiger partial charge in [0, 0.05) is 12.6 Å². The zero-order valence-electron chi connectivity index (χ0n) is 15.2. The highest BCUT2D eigenvalue weighted by Crippen LogP contribution is 2.21. The molecular formula is C20H32N2O2. The topological polar surface area (TPSA) is 41.6 Å². The first kappa shape index (κ1) is 18.8. The molecule has 4 heteroatoms. The van der Waals surface area contributed by atoms with Gasteiger partial charge in [0.15, 0.2) is 0 Å². The highest BCUT2D eigenvalue weighted by molar-refractivity contribution is 5.78. The number of ether oxygens (including phenoxy) is 1. The second-order valence-corrected chi connectivity index (χ2v) is 6.73. The number of hydrogen-bond donors (Lipinski definition) is 1. The van der Waals surface area contributed by atoms with E-state index in [4.69, 9.17) is 4.74 Å². The summed E-state index contributed by atoms with van der Waals surface area (Å²) >= 11 is 0. The molecule has 0 saturated heterocycles. The average molecular weight is 332 g/mol. The van der Waals surface area contributed by atoms with Gasteiger partial charge in [-0.15, -0.1) is 0 Å². The summed E-state index contributed by atoms with van der Waals surface area (Å²) in [5, 5.41) is 3.03. The van der Waals surface area contributed by atoms with Gasteiger partial charge in [0.25, 0.3) is 0 Å². The lowest BCUT2D eigenvalue weighted by molar-refractivity contribution is -0.120. The predicted octanol–water partition coefficient (Wildman–Crippen LogP) is 3.40. The van der Waals surface area contributed by atoms with Crippen molar-refractivity contribution in [3.63, 3.8) is 0 Å². The molecule has 0 radical (unpaired) electrons. The first-order chi connectivity index (χ1) is 11.7. The normalized spacial score (nSPS) is 15.5. The SMILES string of the molecule is CCOc1ccc(CC(=O)NCCCN(C)C2CCCCC2)cc1. The maximum atomic E-state index is 12.0. The minimum absolute atomic E-state index is 0.0967. The minimum Gasteiger partial charge on any atom is -0.494 e. The summed E-state index contributed by atoms with van der Waals surface area (Å²) in [4.78, 5) is 14.5. The van der Waals surface area contributed by atoms with Crippen LogP contribution in [0.25, 0.3) is 0 Å². The molecule has 134 valence electrons. The first-order valence-corrected chi connectivity index (χ1v) is 9.37. The van der Waals surface area contributed by atoms with Crippen molar-refractivity contribution in [2.24, 2.45) is 0 Å². The van der Waals surface area contributed by atoms with Gasteiger partial charge in [-0.05, 0) is 57.5 Å². The molecule has 1 aromatic carbocycles. The Morgan fingerprint density at radius 3 is 2.58 bits per heavy atom. The van der Waals surface area contributed by atoms with Crippen LogP contribution in [0.5, 0.6) is 5.75 Å². The molecular weight excluding hydrogens is 300 g/mol. The van der Waals surface area contributed by atoms with Gasteiger partial charge in [0.1, 0.15) is 5.75 Å². The Labute approximate surface area is 146 Å². The van der Waals surface area contributed by atoms with Crippen LogP contribution in [0.15, 0.2) is 24.3 Å². The van der Waals surface area contributed by atoms with E-state index in [-0.39, 0.29) is 5.91 Å². The van der Waals surface area contributed by atoms with Crippen LogP contribution >= 0.6 is 0 Å². The average Bonchev–Trinajstić information content (AvgIpc) is 2.61. The van der Waals surface area contributed by atoms with Crippen LogP contribution in [-0.4, -0.2) is 43.6 Å². The molecule has 0 atom stereocenters. The van der Waals surface area contributed by atoms with Crippen LogP contribution in [0.2, 0.25) is 0 Å². The fourth-order valence-corrected chi connectivity index (χ4v) is 3.38. The first-order valence-electron chi connectivity index (χ1n) is 9.37. The largest absolute Gasteiger partial charge is 0.494 e. The monoisotopic (exact) mass is 332 g/mol. The lowest BCUT2D eigenvalue weighted by Gasteiger charge is -2.31. The van der Waals surface area contributed by atoms with Crippen molar-refractivity contribution < 1.29 is 9.53 Å². The predicted molar refractivity (Wildman–Crippen MR) is 98.4 cm³/mol. The molecule has 1 aliphatic rings. The van der Waals surface area contributed by atoms with Crippen molar-refractivity contribution in [2.75, 3.05) is 26.7 Å². The van der Waals surface area contributed by atoms with Gasteiger partial charge in [-0.2, -0.15) is 0 Å². The molecule has 4 nitrogen and oxygen atoms in total. The molecule has 1 N–H and O–H groups in total. The molecule has 0 aromatic heterocycles. The third kappa shape index (κ3) is 6.52. The second kappa shape index (κ2) is 10.3. The Morgan fingerprint density at radius 2 is 1.92 bits per heavy atom. The van der Waals surface area contributed by atoms with Gasteiger partial charge in [-0.25, -0.2) is 0 Å². The molecule has 2 rings (SSSR count). The zero-order valence-corrected chi connectivity index (χ0v) is 15.2. The van der Waals surface area contributed by atoms with Crippen LogP contribution in [-0.2, 0) is 11.2 Å². The van der Waals surface area contributed by atoms with Crippen LogP contribution < -0.4 is 10.1 Å². The molecule has 1 aliphatic carbocycles. The molecule has 1 saturated carbocycles. The van der Waals surface area contributed by atoms with Crippen molar-refractivity contribution in [1.82, 2.24) is 10.2 Å². The van der Waals surface area contributed by atoms with E-state index >= 15 is 0 Å². The summed E-state index contributed by atoms with van der Waals surface area (Å²) in [6, 6.07) is 8.51. The van der Waals surface area contributed by atoms with Crippen molar-refractivity contribution >= 4 is 5.91 Å². The number of amides is 1. The van der Waals surface area contributed by atoms with E-state index < -0.39 is 0 Å². The third-order valence-electron chi connectivity index (χ3n) is 4.81. The number of hydrogen-bond acceptors (Lipinski definition) is 3. The maximum absolute atomic E-state index is 12.0. The summed E-state index contributed by atoms with van der Waals surface area (Å²) in [7, 11) is 2.22. The van der Waals surface area contributed by atoms with Crippen molar-refractivity contribution in [1.29, 1.82) is 0 Å². The number of benzene rings is 1. The molecule has 0 heterocycles. The summed E-state index contributed by atoms with van der Waals surface area (Å²) in [5.41, 5.74) is 1.02. The summed E-state index contributed by atoms with van der Waals surface area (Å²) in [6.45, 7) is 4.45. The van der Waals surface area contributed by atoms with E-state index in [0.29, 0.717) is 13.0 Å². The highest BCUT2D eigenvalue weighted by Gasteiger charge is 2.17. The zero-order chi connectivity index (χ0) is 17.2. The summed E-state index contributed by atoms with van der Waals surface area (Å²) in [6.07, 6.45) is 8.25. The molecule has 1 fully saturated rings. The molecule has 0 bridgehead atoms. The van der Waals surface area contributed by atoms with Crippen molar-refractivity contribution in [3.05, 3.63) is 29.8 Å². The fourth-order valence-electron chi connectivity index (χ4n) is 3.38. The van der Waals surface area contributed by atoms with Crippen LogP contribution in [0.1, 0.15) is 51.0 Å². The van der Waals surface area contributed by atoms with Crippen LogP contribution in [0.3, 0.4) is 0 Å². The smallest absolute Gasteiger partial charge is 0.224 e. The van der Waals surface area contributed by atoms with E-state index in [2.05, 4.69) is 17.3 Å². The van der Waals surface area contributed by atoms with Gasteiger partial charge in [-0.1, -0.05) is 31.4 Å². The Balaban J connectivity index is 1.60. The maximum Gasteiger partial charge on any atom is 0.224 e. The van der Waals surface area contributed by atoms with Gasteiger partial charge in [0.05, 0.1) is 13.0 Å². The Morgan fingerprint density at radius 1 is 1.21 bits per heavy atom. The van der Waals surface area contributed by atoms with E-state index in [0.717, 1.165) is 36.9 Å². The highest BCUT2D eigenvalue weighted by atomic mass is 16.5. The van der Waals surface area contributed by atoms with Gasteiger partial charge < -0.3 is 15.0 Å². The van der Waals surface area contributed by atoms with Crippen molar-refractivity contribution in [2.45, 2.75) is 57.9 Å². The van der Waals surface area contributed by atoms with Gasteiger partial charge in [0.2, 0.25) is 5.91 Å². The Bertz CT molecular complexity index is 481. The Kier molecular flexibility index (Phi) is 8.10. The summed E-state index contributed by atoms with van der Waals surface area (Å²) < 4.78 is 5.41. The molecule has 1 aromatic rings. The lowest BCUT2D eigenvalue weighted by atomic mass is 9.94. The number of carbonyl (C=O) groups is 1. The number of carbonyl (C=O) groups excluding carboxylic acids is 1. The fraction of sp³-hybridized carbons (Fsp3) is 0.650. The van der Waals surface area contributed by atoms with E-state index in [1.165, 1.54) is 32.1 Å². The number of rotatable bonds is 9. The lowest BCUT2D eigenvalue weighted by Crippen LogP contribution is -2.36. The Hall–Kier alpha value is -1.55. The minimum atomic E-state index is 0.0967. The van der Waals surface area contributed by atoms with Gasteiger partial charge >= 0.3 is 0 Å². The molecule has 1 amide bonds. The van der Waals surface area contributed by atoms with E-state index in [9.17, 15) is 4.79 Å². The van der Waals surface area contributed by atoms with Crippen LogP contribution in [0, 0.1) is 0 Å². The number of nitrogens with zero attached hydrogens (tertiary/aromatic N) is 1. The van der Waals surface area contributed by atoms with Crippen molar-refractivity contribution in [3.8, 4) is 5.75 Å². The standard InChI is InChI=1S/C20H32N2O2/c1-3-24-19-12-10-17(11-13-19)16-20(23)21-14-7-15-22(2)18-8-5-4-6-9-18/h10-13,18H,3-9,14-16H2,1-2H3,(H,21,23). The molecule has 24 heavy (non-hydrogen) atoms. The van der Waals surface area contributed by atoms with E-state index in [1.807, 2.05) is 31.2 Å². The molecule has 0 unspecified atom stereocenters. The van der Waals surface area contributed by atoms with E-state index in [1.54, 1.807) is 0 Å². The second-order valence-electron chi connectivity index (χ2n) is 6.73.